The molecule has 0 bridgehead atoms. The van der Waals surface area contributed by atoms with Crippen molar-refractivity contribution in [3.8, 4) is 0 Å². The van der Waals surface area contributed by atoms with Crippen molar-refractivity contribution in [2.24, 2.45) is 0 Å². The Morgan fingerprint density at radius 2 is 0.500 bits per heavy atom. The van der Waals surface area contributed by atoms with Crippen molar-refractivity contribution in [3.05, 3.63) is 0 Å². The Balaban J connectivity index is -0.0000000950. The van der Waals surface area contributed by atoms with Gasteiger partial charge in [0.05, 0.1) is 26.2 Å². The van der Waals surface area contributed by atoms with Crippen LogP contribution in [0.3, 0.4) is 0 Å². The van der Waals surface area contributed by atoms with Crippen LogP contribution in [0.5, 0.6) is 0 Å². The van der Waals surface area contributed by atoms with Crippen molar-refractivity contribution in [3.63, 3.8) is 0 Å². The van der Waals surface area contributed by atoms with Crippen molar-refractivity contribution < 1.29 is 165 Å². The van der Waals surface area contributed by atoms with E-state index in [1.807, 2.05) is 0 Å². The minimum Gasteiger partial charge on any atom is -0.756 e. The molecule has 0 amide bonds. The van der Waals surface area contributed by atoms with E-state index < -0.39 is 89.2 Å². The van der Waals surface area contributed by atoms with Crippen LogP contribution in [0.25, 0.3) is 0 Å². The third-order valence-corrected chi connectivity index (χ3v) is 2.17. The van der Waals surface area contributed by atoms with Gasteiger partial charge in [-0.25, -0.2) is 18.3 Å². The normalized spacial score (nSPS) is 11.1. The van der Waals surface area contributed by atoms with E-state index in [0.29, 0.717) is 0 Å². The third kappa shape index (κ3) is 188. The van der Waals surface area contributed by atoms with Gasteiger partial charge in [0.15, 0.2) is 0 Å². The molecule has 0 fully saturated rings. The van der Waals surface area contributed by atoms with E-state index in [4.69, 9.17) is 117 Å². The minimum absolute atomic E-state index is 0. The molecular formula is C10H30N2NaO28P5. The molecule has 0 spiro atoms. The van der Waals surface area contributed by atoms with Crippen LogP contribution in [0.15, 0.2) is 0 Å². The van der Waals surface area contributed by atoms with Crippen LogP contribution < -0.4 is 34.5 Å². The Bertz CT molecular complexity index is 877. The van der Waals surface area contributed by atoms with Gasteiger partial charge in [-0.15, -0.1) is 0 Å². The summed E-state index contributed by atoms with van der Waals surface area (Å²) in [4.78, 5) is 154. The molecule has 0 unspecified atom stereocenters. The first-order valence-electron chi connectivity index (χ1n) is 9.42. The first kappa shape index (κ1) is 60.7. The molecule has 0 aliphatic rings. The van der Waals surface area contributed by atoms with Crippen molar-refractivity contribution in [1.29, 1.82) is 0 Å². The molecule has 0 aliphatic carbocycles. The molecule has 0 radical (unpaired) electrons. The molecule has 0 aromatic heterocycles. The molecule has 0 aliphatic heterocycles. The Morgan fingerprint density at radius 1 is 0.413 bits per heavy atom. The summed E-state index contributed by atoms with van der Waals surface area (Å²) in [6.07, 6.45) is 0. The number of carboxylic acid groups (broad SMARTS) is 4. The molecule has 0 heterocycles. The van der Waals surface area contributed by atoms with E-state index in [0.717, 1.165) is 9.80 Å². The van der Waals surface area contributed by atoms with Crippen LogP contribution in [-0.2, 0) is 42.0 Å². The third-order valence-electron chi connectivity index (χ3n) is 2.17. The average molecular weight is 804 g/mol. The first-order chi connectivity index (χ1) is 19.2. The summed E-state index contributed by atoms with van der Waals surface area (Å²) in [5, 5.41) is 34.5. The summed E-state index contributed by atoms with van der Waals surface area (Å²) in [7, 11) is -23.4. The minimum atomic E-state index is -4.89. The second kappa shape index (κ2) is 29.3. The van der Waals surface area contributed by atoms with Gasteiger partial charge in [0.1, 0.15) is 0 Å². The number of carboxylic acids is 4. The largest absolute Gasteiger partial charge is 1.00 e. The molecule has 18 N–H and O–H groups in total. The molecule has 0 saturated carbocycles. The van der Waals surface area contributed by atoms with Crippen LogP contribution in [0, 0.1) is 0 Å². The van der Waals surface area contributed by atoms with E-state index in [1.165, 1.54) is 0 Å². The number of nitrogens with zero attached hydrogens (tertiary/aromatic N) is 2. The number of aliphatic carboxylic acids is 4. The van der Waals surface area contributed by atoms with Gasteiger partial charge in [0.2, 0.25) is 0 Å². The molecule has 30 nitrogen and oxygen atoms in total. The number of rotatable bonds is 11. The fraction of sp³-hybridized carbons (Fsp3) is 0.600. The first-order valence-corrected chi connectivity index (χ1v) is 17.2. The monoisotopic (exact) mass is 804 g/mol. The van der Waals surface area contributed by atoms with Gasteiger partial charge >= 0.3 is 84.7 Å². The maximum atomic E-state index is 10.6. The smallest absolute Gasteiger partial charge is 0.756 e. The van der Waals surface area contributed by atoms with Gasteiger partial charge < -0.3 is 93.8 Å². The summed E-state index contributed by atoms with van der Waals surface area (Å²) >= 11 is 0. The maximum Gasteiger partial charge on any atom is 1.00 e. The predicted molar refractivity (Wildman–Crippen MR) is 133 cm³/mol. The predicted octanol–water partition coefficient (Wildman–Crippen LogP) is -10.3. The number of phosphoric acid groups is 5. The number of hydrogen-bond acceptors (Lipinski definition) is 12. The molecule has 36 heteroatoms. The maximum absolute atomic E-state index is 10.6. The summed E-state index contributed by atoms with van der Waals surface area (Å²) in [6.45, 7) is -2.25. The van der Waals surface area contributed by atoms with Crippen LogP contribution in [0.4, 0.5) is 0 Å². The molecule has 0 aromatic carbocycles. The average Bonchev–Trinajstić information content (AvgIpc) is 2.57. The van der Waals surface area contributed by atoms with Gasteiger partial charge in [-0.2, -0.15) is 0 Å². The fourth-order valence-corrected chi connectivity index (χ4v) is 1.48. The van der Waals surface area contributed by atoms with E-state index in [9.17, 15) is 19.2 Å². The fourth-order valence-electron chi connectivity index (χ4n) is 1.48. The van der Waals surface area contributed by atoms with Crippen molar-refractivity contribution >= 4 is 63.0 Å². The van der Waals surface area contributed by atoms with Crippen LogP contribution in [0.2, 0.25) is 0 Å². The summed E-state index contributed by atoms with van der Waals surface area (Å²) < 4.78 is 44.3. The van der Waals surface area contributed by atoms with Gasteiger partial charge in [0, 0.05) is 13.1 Å². The SMILES string of the molecule is O=C(O)CN(CCN(CC(=O)O)CC(=O)O)CC(=O)O.O=P(O)(O)O.O=P(O)(O)O.O=P(O)(O)O.O=P(O)(O)O.O=P([O-])(O)O.[Na+]. The van der Waals surface area contributed by atoms with Crippen LogP contribution >= 0.6 is 39.1 Å². The Hall–Kier alpha value is -0.650. The molecule has 0 atom stereocenters. The van der Waals surface area contributed by atoms with Gasteiger partial charge in [-0.1, -0.05) is 0 Å². The molecule has 0 aromatic rings. The van der Waals surface area contributed by atoms with Gasteiger partial charge in [-0.3, -0.25) is 33.5 Å². The van der Waals surface area contributed by atoms with E-state index in [1.54, 1.807) is 0 Å². The zero-order valence-electron chi connectivity index (χ0n) is 22.5. The summed E-state index contributed by atoms with van der Waals surface area (Å²) in [6, 6.07) is 0. The quantitative estimate of drug-likeness (QED) is 0.0681. The van der Waals surface area contributed by atoms with E-state index >= 15 is 0 Å². The Labute approximate surface area is 276 Å². The summed E-state index contributed by atoms with van der Waals surface area (Å²) in [5.74, 6) is -4.91. The second-order valence-electron chi connectivity index (χ2n) is 6.54. The zero-order valence-corrected chi connectivity index (χ0v) is 29.0. The van der Waals surface area contributed by atoms with Crippen LogP contribution in [-0.4, -0.2) is 162 Å². The number of carbonyl (C=O) groups is 4. The van der Waals surface area contributed by atoms with E-state index in [2.05, 4.69) is 0 Å². The van der Waals surface area contributed by atoms with Gasteiger partial charge in [0.25, 0.3) is 7.82 Å². The molecule has 0 rings (SSSR count). The van der Waals surface area contributed by atoms with Crippen molar-refractivity contribution in [2.45, 2.75) is 0 Å². The Morgan fingerprint density at radius 3 is 0.565 bits per heavy atom. The summed E-state index contributed by atoms with van der Waals surface area (Å²) in [5.41, 5.74) is 0. The molecule has 46 heavy (non-hydrogen) atoms. The van der Waals surface area contributed by atoms with Gasteiger partial charge in [-0.05, 0) is 0 Å². The Kier molecular flexibility index (Phi) is 38.6. The van der Waals surface area contributed by atoms with Crippen molar-refractivity contribution in [2.75, 3.05) is 39.3 Å². The molecule has 0 saturated heterocycles. The zero-order chi connectivity index (χ0) is 38.2. The van der Waals surface area contributed by atoms with Crippen molar-refractivity contribution in [1.82, 2.24) is 9.80 Å². The molecule has 274 valence electrons. The van der Waals surface area contributed by atoms with E-state index in [-0.39, 0.29) is 42.6 Å². The van der Waals surface area contributed by atoms with Crippen LogP contribution in [0.1, 0.15) is 0 Å². The number of hydrogen-bond donors (Lipinski definition) is 18. The second-order valence-corrected chi connectivity index (χ2v) is 11.6. The molecular weight excluding hydrogens is 774 g/mol. The standard InChI is InChI=1S/C10H16N2O8.Na.5H3O4P/c13-7(14)3-11(4-8(15)16)1-2-12(5-9(17)18)6-10(19)20;;5*1-5(2,3)4/h1-6H2,(H,13,14)(H,15,16)(H,17,18)(H,19,20);;5*(H3,1,2,3,4)/q;+1;;;;;/p-1. The topological polar surface area (TPSA) is 547 Å².